The number of morpholine rings is 1. The first-order valence-electron chi connectivity index (χ1n) is 6.55. The molecule has 0 bridgehead atoms. The number of carboxylic acid groups (broad SMARTS) is 1. The van der Waals surface area contributed by atoms with Crippen LogP contribution in [0.25, 0.3) is 5.57 Å². The van der Waals surface area contributed by atoms with Crippen molar-refractivity contribution in [3.8, 4) is 0 Å². The fourth-order valence-corrected chi connectivity index (χ4v) is 2.13. The minimum Gasteiger partial charge on any atom is -0.479 e. The third-order valence-corrected chi connectivity index (χ3v) is 3.29. The highest BCUT2D eigenvalue weighted by Gasteiger charge is 2.28. The summed E-state index contributed by atoms with van der Waals surface area (Å²) in [5.74, 6) is -1.84. The van der Waals surface area contributed by atoms with Gasteiger partial charge in [-0.3, -0.25) is 4.79 Å². The van der Waals surface area contributed by atoms with Crippen LogP contribution in [-0.4, -0.2) is 47.7 Å². The van der Waals surface area contributed by atoms with Gasteiger partial charge >= 0.3 is 5.97 Å². The van der Waals surface area contributed by atoms with Crippen LogP contribution in [-0.2, 0) is 14.3 Å². The first kappa shape index (κ1) is 15.2. The number of benzene rings is 1. The fraction of sp³-hybridized carbons (Fsp3) is 0.333. The normalized spacial score (nSPS) is 19.4. The Kier molecular flexibility index (Phi) is 4.70. The summed E-state index contributed by atoms with van der Waals surface area (Å²) in [5.41, 5.74) is 0.852. The molecule has 5 nitrogen and oxygen atoms in total. The lowest BCUT2D eigenvalue weighted by molar-refractivity contribution is -0.158. The van der Waals surface area contributed by atoms with Crippen LogP contribution in [0.2, 0.25) is 0 Å². The zero-order valence-corrected chi connectivity index (χ0v) is 11.6. The predicted molar refractivity (Wildman–Crippen MR) is 74.0 cm³/mol. The Hall–Kier alpha value is -2.21. The second kappa shape index (κ2) is 6.49. The van der Waals surface area contributed by atoms with Gasteiger partial charge in [0.1, 0.15) is 5.82 Å². The molecule has 0 radical (unpaired) electrons. The lowest BCUT2D eigenvalue weighted by Crippen LogP contribution is -2.48. The van der Waals surface area contributed by atoms with Crippen molar-refractivity contribution >= 4 is 17.4 Å². The fourth-order valence-electron chi connectivity index (χ4n) is 2.13. The molecule has 1 aliphatic heterocycles. The van der Waals surface area contributed by atoms with Crippen molar-refractivity contribution in [3.05, 3.63) is 41.7 Å². The summed E-state index contributed by atoms with van der Waals surface area (Å²) in [4.78, 5) is 24.4. The number of hydrogen-bond acceptors (Lipinski definition) is 3. The van der Waals surface area contributed by atoms with Gasteiger partial charge in [-0.1, -0.05) is 18.2 Å². The Morgan fingerprint density at radius 1 is 1.43 bits per heavy atom. The zero-order valence-electron chi connectivity index (χ0n) is 11.6. The van der Waals surface area contributed by atoms with E-state index in [0.29, 0.717) is 17.7 Å². The molecule has 0 aromatic heterocycles. The standard InChI is InChI=1S/C15H16FNO4/c1-10(11-4-2-3-5-12(11)16)8-14(18)17-6-7-21-13(9-17)15(19)20/h2-5,8,13H,6-7,9H2,1H3,(H,19,20)/b10-8-. The molecule has 1 aliphatic rings. The average Bonchev–Trinajstić information content (AvgIpc) is 2.47. The molecule has 1 saturated heterocycles. The van der Waals surface area contributed by atoms with Crippen LogP contribution >= 0.6 is 0 Å². The summed E-state index contributed by atoms with van der Waals surface area (Å²) in [6.45, 7) is 2.14. The number of aliphatic carboxylic acids is 1. The number of ether oxygens (including phenoxy) is 1. The number of hydrogen-bond donors (Lipinski definition) is 1. The Morgan fingerprint density at radius 2 is 2.14 bits per heavy atom. The van der Waals surface area contributed by atoms with Gasteiger partial charge in [0.15, 0.2) is 6.10 Å². The van der Waals surface area contributed by atoms with Gasteiger partial charge in [0.2, 0.25) is 5.91 Å². The largest absolute Gasteiger partial charge is 0.479 e. The van der Waals surface area contributed by atoms with Crippen molar-refractivity contribution in [2.24, 2.45) is 0 Å². The minimum atomic E-state index is -1.10. The molecule has 0 aliphatic carbocycles. The molecule has 1 aromatic carbocycles. The van der Waals surface area contributed by atoms with E-state index in [1.807, 2.05) is 0 Å². The molecule has 1 heterocycles. The van der Waals surface area contributed by atoms with E-state index in [9.17, 15) is 14.0 Å². The molecule has 1 amide bonds. The van der Waals surface area contributed by atoms with Crippen LogP contribution < -0.4 is 0 Å². The monoisotopic (exact) mass is 293 g/mol. The van der Waals surface area contributed by atoms with E-state index in [1.165, 1.54) is 17.0 Å². The van der Waals surface area contributed by atoms with Crippen molar-refractivity contribution in [2.75, 3.05) is 19.7 Å². The number of nitrogens with zero attached hydrogens (tertiary/aromatic N) is 1. The molecule has 1 atom stereocenters. The highest BCUT2D eigenvalue weighted by Crippen LogP contribution is 2.18. The van der Waals surface area contributed by atoms with Gasteiger partial charge in [-0.2, -0.15) is 0 Å². The van der Waals surface area contributed by atoms with E-state index >= 15 is 0 Å². The topological polar surface area (TPSA) is 66.8 Å². The summed E-state index contributed by atoms with van der Waals surface area (Å²) in [7, 11) is 0. The number of amides is 1. The predicted octanol–water partition coefficient (Wildman–Crippen LogP) is 1.54. The highest BCUT2D eigenvalue weighted by molar-refractivity contribution is 5.95. The molecular weight excluding hydrogens is 277 g/mol. The van der Waals surface area contributed by atoms with Gasteiger partial charge in [0, 0.05) is 18.2 Å². The first-order valence-corrected chi connectivity index (χ1v) is 6.55. The lowest BCUT2D eigenvalue weighted by atomic mass is 10.1. The van der Waals surface area contributed by atoms with Crippen LogP contribution in [0.1, 0.15) is 12.5 Å². The maximum atomic E-state index is 13.6. The maximum Gasteiger partial charge on any atom is 0.334 e. The van der Waals surface area contributed by atoms with E-state index in [2.05, 4.69) is 0 Å². The molecule has 112 valence electrons. The molecular formula is C15H16FNO4. The number of carboxylic acids is 1. The second-order valence-corrected chi connectivity index (χ2v) is 4.79. The Labute approximate surface area is 121 Å². The Morgan fingerprint density at radius 3 is 2.81 bits per heavy atom. The molecule has 2 rings (SSSR count). The zero-order chi connectivity index (χ0) is 15.4. The van der Waals surface area contributed by atoms with Crippen LogP contribution in [0.4, 0.5) is 4.39 Å². The van der Waals surface area contributed by atoms with E-state index < -0.39 is 17.9 Å². The third-order valence-electron chi connectivity index (χ3n) is 3.29. The summed E-state index contributed by atoms with van der Waals surface area (Å²) in [6, 6.07) is 6.18. The van der Waals surface area contributed by atoms with Crippen LogP contribution in [0.3, 0.4) is 0 Å². The van der Waals surface area contributed by atoms with Gasteiger partial charge in [0.25, 0.3) is 0 Å². The van der Waals surface area contributed by atoms with Gasteiger partial charge in [-0.25, -0.2) is 9.18 Å². The van der Waals surface area contributed by atoms with E-state index in [1.54, 1.807) is 25.1 Å². The molecule has 1 aromatic rings. The van der Waals surface area contributed by atoms with Crippen molar-refractivity contribution < 1.29 is 23.8 Å². The first-order chi connectivity index (χ1) is 9.99. The molecule has 21 heavy (non-hydrogen) atoms. The molecule has 6 heteroatoms. The average molecular weight is 293 g/mol. The van der Waals surface area contributed by atoms with Gasteiger partial charge in [-0.05, 0) is 18.6 Å². The molecule has 0 spiro atoms. The molecule has 0 saturated carbocycles. The van der Waals surface area contributed by atoms with Crippen LogP contribution in [0.15, 0.2) is 30.3 Å². The SMILES string of the molecule is C/C(=C/C(=O)N1CCOC(C(=O)O)C1)c1ccccc1F. The van der Waals surface area contributed by atoms with Crippen LogP contribution in [0, 0.1) is 5.82 Å². The number of allylic oxidation sites excluding steroid dienone is 1. The maximum absolute atomic E-state index is 13.6. The summed E-state index contributed by atoms with van der Waals surface area (Å²) < 4.78 is 18.7. The molecule has 1 unspecified atom stereocenters. The molecule has 1 N–H and O–H groups in total. The summed E-state index contributed by atoms with van der Waals surface area (Å²) in [6.07, 6.45) is 0.313. The highest BCUT2D eigenvalue weighted by atomic mass is 19.1. The number of carbonyl (C=O) groups is 2. The number of rotatable bonds is 3. The van der Waals surface area contributed by atoms with Gasteiger partial charge in [0.05, 0.1) is 13.2 Å². The quantitative estimate of drug-likeness (QED) is 0.859. The van der Waals surface area contributed by atoms with E-state index in [4.69, 9.17) is 9.84 Å². The number of halogens is 1. The lowest BCUT2D eigenvalue weighted by Gasteiger charge is -2.30. The van der Waals surface area contributed by atoms with E-state index in [-0.39, 0.29) is 19.1 Å². The third kappa shape index (κ3) is 3.66. The van der Waals surface area contributed by atoms with Crippen molar-refractivity contribution in [1.82, 2.24) is 4.90 Å². The Balaban J connectivity index is 2.11. The van der Waals surface area contributed by atoms with Crippen LogP contribution in [0.5, 0.6) is 0 Å². The van der Waals surface area contributed by atoms with Gasteiger partial charge in [-0.15, -0.1) is 0 Å². The second-order valence-electron chi connectivity index (χ2n) is 4.79. The van der Waals surface area contributed by atoms with Crippen molar-refractivity contribution in [3.63, 3.8) is 0 Å². The smallest absolute Gasteiger partial charge is 0.334 e. The molecule has 1 fully saturated rings. The van der Waals surface area contributed by atoms with Crippen molar-refractivity contribution in [1.29, 1.82) is 0 Å². The summed E-state index contributed by atoms with van der Waals surface area (Å²) >= 11 is 0. The summed E-state index contributed by atoms with van der Waals surface area (Å²) in [5, 5.41) is 8.91. The van der Waals surface area contributed by atoms with E-state index in [0.717, 1.165) is 0 Å². The van der Waals surface area contributed by atoms with Crippen molar-refractivity contribution in [2.45, 2.75) is 13.0 Å². The Bertz CT molecular complexity index is 585. The van der Waals surface area contributed by atoms with Gasteiger partial charge < -0.3 is 14.7 Å². The minimum absolute atomic E-state index is 0.00474. The number of carbonyl (C=O) groups excluding carboxylic acids is 1.